The highest BCUT2D eigenvalue weighted by Gasteiger charge is 2.15. The van der Waals surface area contributed by atoms with Gasteiger partial charge in [-0.1, -0.05) is 65.9 Å². The lowest BCUT2D eigenvalue weighted by molar-refractivity contribution is 0.0462. The van der Waals surface area contributed by atoms with Crippen molar-refractivity contribution in [2.75, 3.05) is 0 Å². The summed E-state index contributed by atoms with van der Waals surface area (Å²) in [6, 6.07) is 25.7. The molecule has 32 heavy (non-hydrogen) atoms. The second kappa shape index (κ2) is 8.64. The third kappa shape index (κ3) is 3.98. The van der Waals surface area contributed by atoms with Crippen molar-refractivity contribution in [2.24, 2.45) is 0 Å². The average molecular weight is 442 g/mol. The molecule has 158 valence electrons. The normalized spacial score (nSPS) is 11.0. The Morgan fingerprint density at radius 3 is 2.53 bits per heavy atom. The van der Waals surface area contributed by atoms with E-state index in [0.717, 1.165) is 15.8 Å². The fourth-order valence-electron chi connectivity index (χ4n) is 3.41. The molecule has 3 aromatic carbocycles. The highest BCUT2D eigenvalue weighted by atomic mass is 32.1. The van der Waals surface area contributed by atoms with E-state index in [1.807, 2.05) is 54.6 Å². The minimum Gasteiger partial charge on any atom is -0.488 e. The first-order valence-corrected chi connectivity index (χ1v) is 10.8. The number of ether oxygens (including phenoxy) is 2. The Kier molecular flexibility index (Phi) is 5.39. The monoisotopic (exact) mass is 442 g/mol. The molecule has 0 atom stereocenters. The van der Waals surface area contributed by atoms with Crippen LogP contribution >= 0.6 is 11.3 Å². The number of carbonyl (C=O) groups is 1. The van der Waals surface area contributed by atoms with Crippen molar-refractivity contribution < 1.29 is 14.3 Å². The van der Waals surface area contributed by atoms with Crippen LogP contribution in [0.1, 0.15) is 21.6 Å². The van der Waals surface area contributed by atoms with Gasteiger partial charge in [-0.05, 0) is 29.8 Å². The molecule has 5 aromatic rings. The van der Waals surface area contributed by atoms with E-state index in [1.54, 1.807) is 28.7 Å². The van der Waals surface area contributed by atoms with Crippen molar-refractivity contribution in [3.05, 3.63) is 112 Å². The minimum absolute atomic E-state index is 0.105. The second-order valence-electron chi connectivity index (χ2n) is 7.12. The van der Waals surface area contributed by atoms with Gasteiger partial charge in [0.15, 0.2) is 4.96 Å². The maximum absolute atomic E-state index is 12.7. The van der Waals surface area contributed by atoms with Crippen molar-refractivity contribution in [1.82, 2.24) is 9.38 Å². The van der Waals surface area contributed by atoms with E-state index in [-0.39, 0.29) is 12.2 Å². The summed E-state index contributed by atoms with van der Waals surface area (Å²) in [6.45, 7) is 0.234. The Bertz CT molecular complexity index is 1470. The number of nitrogens with zero attached hydrogens (tertiary/aromatic N) is 2. The van der Waals surface area contributed by atoms with E-state index in [4.69, 9.17) is 9.47 Å². The van der Waals surface area contributed by atoms with Crippen LogP contribution in [-0.2, 0) is 18.0 Å². The van der Waals surface area contributed by atoms with E-state index in [0.29, 0.717) is 28.6 Å². The van der Waals surface area contributed by atoms with E-state index < -0.39 is 5.97 Å². The summed E-state index contributed by atoms with van der Waals surface area (Å²) in [5.74, 6) is -0.0960. The number of benzene rings is 3. The molecule has 7 heteroatoms. The van der Waals surface area contributed by atoms with Crippen molar-refractivity contribution in [2.45, 2.75) is 13.2 Å². The maximum atomic E-state index is 12.7. The molecule has 0 aliphatic rings. The number of aromatic nitrogens is 2. The molecule has 0 bridgehead atoms. The highest BCUT2D eigenvalue weighted by molar-refractivity contribution is 7.23. The van der Waals surface area contributed by atoms with Crippen LogP contribution in [-0.4, -0.2) is 15.4 Å². The molecule has 0 unspecified atom stereocenters. The van der Waals surface area contributed by atoms with Gasteiger partial charge in [-0.15, -0.1) is 0 Å². The van der Waals surface area contributed by atoms with Gasteiger partial charge >= 0.3 is 5.97 Å². The van der Waals surface area contributed by atoms with Gasteiger partial charge in [-0.3, -0.25) is 9.20 Å². The quantitative estimate of drug-likeness (QED) is 0.352. The fourth-order valence-corrected chi connectivity index (χ4v) is 4.46. The molecule has 2 aromatic heterocycles. The lowest BCUT2D eigenvalue weighted by Gasteiger charge is -2.11. The molecule has 0 N–H and O–H groups in total. The largest absolute Gasteiger partial charge is 0.488 e. The average Bonchev–Trinajstić information content (AvgIpc) is 3.21. The van der Waals surface area contributed by atoms with Gasteiger partial charge in [0.2, 0.25) is 0 Å². The van der Waals surface area contributed by atoms with Crippen LogP contribution in [0.5, 0.6) is 5.75 Å². The molecular weight excluding hydrogens is 424 g/mol. The van der Waals surface area contributed by atoms with Gasteiger partial charge in [-0.2, -0.15) is 0 Å². The molecule has 2 heterocycles. The van der Waals surface area contributed by atoms with Crippen molar-refractivity contribution in [1.29, 1.82) is 0 Å². The van der Waals surface area contributed by atoms with Crippen molar-refractivity contribution in [3.63, 3.8) is 0 Å². The van der Waals surface area contributed by atoms with E-state index in [2.05, 4.69) is 4.98 Å². The first kappa shape index (κ1) is 20.0. The first-order chi connectivity index (χ1) is 15.7. The van der Waals surface area contributed by atoms with Crippen LogP contribution in [0.3, 0.4) is 0 Å². The zero-order chi connectivity index (χ0) is 21.9. The highest BCUT2D eigenvalue weighted by Crippen LogP contribution is 2.24. The van der Waals surface area contributed by atoms with Crippen LogP contribution in [0.25, 0.3) is 15.2 Å². The molecule has 0 spiro atoms. The third-order valence-electron chi connectivity index (χ3n) is 4.94. The lowest BCUT2D eigenvalue weighted by Crippen LogP contribution is -2.15. The summed E-state index contributed by atoms with van der Waals surface area (Å²) in [6.07, 6.45) is 0. The molecule has 0 saturated heterocycles. The van der Waals surface area contributed by atoms with Gasteiger partial charge in [0.05, 0.1) is 15.9 Å². The number of carbonyl (C=O) groups excluding carboxylic acids is 1. The summed E-state index contributed by atoms with van der Waals surface area (Å²) in [7, 11) is 0. The lowest BCUT2D eigenvalue weighted by atomic mass is 10.2. The molecule has 0 radical (unpaired) electrons. The van der Waals surface area contributed by atoms with Gasteiger partial charge in [0, 0.05) is 6.07 Å². The Morgan fingerprint density at radius 1 is 0.906 bits per heavy atom. The summed E-state index contributed by atoms with van der Waals surface area (Å²) >= 11 is 1.42. The van der Waals surface area contributed by atoms with Crippen molar-refractivity contribution in [3.8, 4) is 5.75 Å². The number of para-hydroxylation sites is 2. The Balaban J connectivity index is 1.33. The Labute approximate surface area is 187 Å². The number of hydrogen-bond donors (Lipinski definition) is 0. The van der Waals surface area contributed by atoms with Gasteiger partial charge in [0.1, 0.15) is 24.5 Å². The summed E-state index contributed by atoms with van der Waals surface area (Å²) < 4.78 is 13.8. The zero-order valence-electron chi connectivity index (χ0n) is 16.9. The fraction of sp³-hybridized carbons (Fsp3) is 0.0800. The molecule has 0 aliphatic heterocycles. The SMILES string of the molecule is O=C(OCc1cc(=O)n2c(n1)sc1ccccc12)c1ccccc1OCc1ccccc1. The minimum atomic E-state index is -0.535. The Hall–Kier alpha value is -3.97. The maximum Gasteiger partial charge on any atom is 0.342 e. The van der Waals surface area contributed by atoms with Crippen LogP contribution < -0.4 is 10.3 Å². The number of hydrogen-bond acceptors (Lipinski definition) is 6. The third-order valence-corrected chi connectivity index (χ3v) is 5.97. The zero-order valence-corrected chi connectivity index (χ0v) is 17.7. The van der Waals surface area contributed by atoms with Crippen LogP contribution in [0.4, 0.5) is 0 Å². The molecule has 0 aliphatic carbocycles. The van der Waals surface area contributed by atoms with Crippen LogP contribution in [0, 0.1) is 0 Å². The van der Waals surface area contributed by atoms with Crippen molar-refractivity contribution >= 4 is 32.5 Å². The predicted molar refractivity (Wildman–Crippen MR) is 123 cm³/mol. The molecule has 0 amide bonds. The smallest absolute Gasteiger partial charge is 0.342 e. The molecule has 0 fully saturated rings. The van der Waals surface area contributed by atoms with E-state index in [9.17, 15) is 9.59 Å². The first-order valence-electron chi connectivity index (χ1n) is 10.0. The topological polar surface area (TPSA) is 69.9 Å². The number of thiazole rings is 1. The van der Waals surface area contributed by atoms with Gasteiger partial charge in [0.25, 0.3) is 5.56 Å². The van der Waals surface area contributed by atoms with E-state index >= 15 is 0 Å². The number of esters is 1. The molecule has 6 nitrogen and oxygen atoms in total. The van der Waals surface area contributed by atoms with Crippen LogP contribution in [0.15, 0.2) is 89.7 Å². The Morgan fingerprint density at radius 2 is 1.66 bits per heavy atom. The number of fused-ring (bicyclic) bond motifs is 3. The standard InChI is InChI=1S/C25H18N2O4S/c28-23-14-18(26-25-27(23)20-11-5-7-13-22(20)32-25)16-31-24(29)19-10-4-6-12-21(19)30-15-17-8-2-1-3-9-17/h1-14H,15-16H2. The van der Waals surface area contributed by atoms with Gasteiger partial charge < -0.3 is 9.47 Å². The van der Waals surface area contributed by atoms with Gasteiger partial charge in [-0.25, -0.2) is 9.78 Å². The molecule has 5 rings (SSSR count). The van der Waals surface area contributed by atoms with E-state index in [1.165, 1.54) is 17.4 Å². The number of rotatable bonds is 6. The van der Waals surface area contributed by atoms with Crippen LogP contribution in [0.2, 0.25) is 0 Å². The predicted octanol–water partition coefficient (Wildman–Crippen LogP) is 4.85. The molecule has 0 saturated carbocycles. The summed E-state index contributed by atoms with van der Waals surface area (Å²) in [5.41, 5.74) is 2.33. The molecular formula is C25H18N2O4S. The summed E-state index contributed by atoms with van der Waals surface area (Å²) in [5, 5.41) is 0. The second-order valence-corrected chi connectivity index (χ2v) is 8.13. The summed E-state index contributed by atoms with van der Waals surface area (Å²) in [4.78, 5) is 30.4.